The summed E-state index contributed by atoms with van der Waals surface area (Å²) >= 11 is 0. The second-order valence-corrected chi connectivity index (χ2v) is 4.42. The zero-order valence-corrected chi connectivity index (χ0v) is 9.90. The van der Waals surface area contributed by atoms with E-state index in [1.165, 1.54) is 0 Å². The van der Waals surface area contributed by atoms with Crippen molar-refractivity contribution in [1.82, 2.24) is 10.1 Å². The fourth-order valence-electron chi connectivity index (χ4n) is 2.15. The van der Waals surface area contributed by atoms with Crippen LogP contribution in [-0.4, -0.2) is 16.7 Å². The van der Waals surface area contributed by atoms with E-state index >= 15 is 0 Å². The van der Waals surface area contributed by atoms with Gasteiger partial charge in [0.15, 0.2) is 5.82 Å². The third-order valence-corrected chi connectivity index (χ3v) is 3.14. The van der Waals surface area contributed by atoms with Gasteiger partial charge in [0.1, 0.15) is 6.10 Å². The molecule has 0 amide bonds. The quantitative estimate of drug-likeness (QED) is 0.847. The number of rotatable bonds is 4. The Hall–Kier alpha value is -0.940. The van der Waals surface area contributed by atoms with Crippen molar-refractivity contribution in [2.45, 2.75) is 51.2 Å². The molecule has 0 aliphatic heterocycles. The monoisotopic (exact) mass is 225 g/mol. The molecule has 0 aromatic carbocycles. The molecule has 5 nitrogen and oxygen atoms in total. The molecule has 90 valence electrons. The van der Waals surface area contributed by atoms with Gasteiger partial charge in [0.05, 0.1) is 5.54 Å². The highest BCUT2D eigenvalue weighted by Crippen LogP contribution is 2.35. The first-order valence-electron chi connectivity index (χ1n) is 5.90. The summed E-state index contributed by atoms with van der Waals surface area (Å²) in [5.41, 5.74) is 5.83. The van der Waals surface area contributed by atoms with Crippen LogP contribution in [0.5, 0.6) is 0 Å². The van der Waals surface area contributed by atoms with Crippen molar-refractivity contribution in [3.63, 3.8) is 0 Å². The fourth-order valence-corrected chi connectivity index (χ4v) is 2.15. The molecule has 1 atom stereocenters. The molecule has 1 unspecified atom stereocenters. The molecule has 0 spiro atoms. The van der Waals surface area contributed by atoms with E-state index in [1.54, 1.807) is 0 Å². The second kappa shape index (κ2) is 4.51. The highest BCUT2D eigenvalue weighted by molar-refractivity contribution is 5.05. The van der Waals surface area contributed by atoms with E-state index in [1.807, 2.05) is 13.8 Å². The van der Waals surface area contributed by atoms with Gasteiger partial charge in [0, 0.05) is 6.61 Å². The Morgan fingerprint density at radius 1 is 1.50 bits per heavy atom. The van der Waals surface area contributed by atoms with Crippen LogP contribution in [0, 0.1) is 0 Å². The molecule has 1 aromatic heterocycles. The van der Waals surface area contributed by atoms with Crippen LogP contribution in [-0.2, 0) is 10.3 Å². The Balaban J connectivity index is 2.12. The van der Waals surface area contributed by atoms with Crippen LogP contribution in [0.25, 0.3) is 0 Å². The van der Waals surface area contributed by atoms with E-state index in [2.05, 4.69) is 10.1 Å². The summed E-state index contributed by atoms with van der Waals surface area (Å²) in [6.45, 7) is 4.49. The van der Waals surface area contributed by atoms with Gasteiger partial charge in [-0.05, 0) is 26.7 Å². The van der Waals surface area contributed by atoms with E-state index in [4.69, 9.17) is 15.0 Å². The van der Waals surface area contributed by atoms with Crippen molar-refractivity contribution < 1.29 is 9.26 Å². The lowest BCUT2D eigenvalue weighted by Gasteiger charge is -2.17. The van der Waals surface area contributed by atoms with Crippen LogP contribution in [0.4, 0.5) is 0 Å². The Labute approximate surface area is 95.3 Å². The Kier molecular flexibility index (Phi) is 3.25. The fraction of sp³-hybridized carbons (Fsp3) is 0.818. The summed E-state index contributed by atoms with van der Waals surface area (Å²) in [6, 6.07) is 0. The van der Waals surface area contributed by atoms with E-state index in [9.17, 15) is 0 Å². The van der Waals surface area contributed by atoms with Gasteiger partial charge in [0.2, 0.25) is 5.89 Å². The zero-order valence-electron chi connectivity index (χ0n) is 9.90. The number of aromatic nitrogens is 2. The SMILES string of the molecule is CCOC(C)c1noc(C2(N)CCCC2)n1. The van der Waals surface area contributed by atoms with E-state index in [-0.39, 0.29) is 6.10 Å². The number of nitrogens with two attached hydrogens (primary N) is 1. The average molecular weight is 225 g/mol. The van der Waals surface area contributed by atoms with Crippen molar-refractivity contribution in [1.29, 1.82) is 0 Å². The number of nitrogens with zero attached hydrogens (tertiary/aromatic N) is 2. The van der Waals surface area contributed by atoms with Gasteiger partial charge >= 0.3 is 0 Å². The molecule has 1 aliphatic carbocycles. The number of hydrogen-bond donors (Lipinski definition) is 1. The van der Waals surface area contributed by atoms with Crippen LogP contribution in [0.1, 0.15) is 57.3 Å². The molecule has 1 fully saturated rings. The minimum atomic E-state index is -0.406. The first-order valence-corrected chi connectivity index (χ1v) is 5.90. The molecule has 1 heterocycles. The largest absolute Gasteiger partial charge is 0.371 e. The van der Waals surface area contributed by atoms with Gasteiger partial charge in [-0.1, -0.05) is 18.0 Å². The highest BCUT2D eigenvalue weighted by Gasteiger charge is 2.37. The third kappa shape index (κ3) is 2.10. The average Bonchev–Trinajstić information content (AvgIpc) is 2.86. The molecule has 1 saturated carbocycles. The maximum atomic E-state index is 6.23. The van der Waals surface area contributed by atoms with Crippen LogP contribution < -0.4 is 5.73 Å². The van der Waals surface area contributed by atoms with Gasteiger partial charge in [-0.2, -0.15) is 4.98 Å². The van der Waals surface area contributed by atoms with Gasteiger partial charge in [0.25, 0.3) is 0 Å². The van der Waals surface area contributed by atoms with Crippen LogP contribution in [0.2, 0.25) is 0 Å². The maximum absolute atomic E-state index is 6.23. The second-order valence-electron chi connectivity index (χ2n) is 4.42. The van der Waals surface area contributed by atoms with Crippen LogP contribution in [0.15, 0.2) is 4.52 Å². The zero-order chi connectivity index (χ0) is 11.6. The third-order valence-electron chi connectivity index (χ3n) is 3.14. The normalized spacial score (nSPS) is 21.2. The Morgan fingerprint density at radius 2 is 2.19 bits per heavy atom. The molecule has 0 saturated heterocycles. The molecular formula is C11H19N3O2. The van der Waals surface area contributed by atoms with E-state index in [0.29, 0.717) is 18.3 Å². The van der Waals surface area contributed by atoms with E-state index in [0.717, 1.165) is 25.7 Å². The molecule has 1 aliphatic rings. The van der Waals surface area contributed by atoms with Crippen molar-refractivity contribution >= 4 is 0 Å². The lowest BCUT2D eigenvalue weighted by Crippen LogP contribution is -2.33. The van der Waals surface area contributed by atoms with Crippen LogP contribution in [0.3, 0.4) is 0 Å². The summed E-state index contributed by atoms with van der Waals surface area (Å²) in [6.07, 6.45) is 3.99. The van der Waals surface area contributed by atoms with Gasteiger partial charge in [-0.25, -0.2) is 0 Å². The van der Waals surface area contributed by atoms with Gasteiger partial charge in [-0.15, -0.1) is 0 Å². The highest BCUT2D eigenvalue weighted by atomic mass is 16.5. The first-order chi connectivity index (χ1) is 7.65. The summed E-state index contributed by atoms with van der Waals surface area (Å²) < 4.78 is 10.7. The molecule has 2 rings (SSSR count). The lowest BCUT2D eigenvalue weighted by molar-refractivity contribution is 0.0683. The number of ether oxygens (including phenoxy) is 1. The lowest BCUT2D eigenvalue weighted by atomic mass is 9.99. The standard InChI is InChI=1S/C11H19N3O2/c1-3-15-8(2)9-13-10(16-14-9)11(12)6-4-5-7-11/h8H,3-7,12H2,1-2H3. The first kappa shape index (κ1) is 11.5. The molecule has 5 heteroatoms. The van der Waals surface area contributed by atoms with Crippen molar-refractivity contribution in [2.75, 3.05) is 6.61 Å². The molecule has 0 radical (unpaired) electrons. The summed E-state index contributed by atoms with van der Waals surface area (Å²) in [5, 5.41) is 3.93. The predicted octanol–water partition coefficient (Wildman–Crippen LogP) is 1.90. The number of hydrogen-bond acceptors (Lipinski definition) is 5. The van der Waals surface area contributed by atoms with E-state index < -0.39 is 5.54 Å². The van der Waals surface area contributed by atoms with Crippen LogP contribution >= 0.6 is 0 Å². The minimum absolute atomic E-state index is 0.132. The Bertz CT molecular complexity index is 345. The predicted molar refractivity (Wildman–Crippen MR) is 58.7 cm³/mol. The molecule has 0 bridgehead atoms. The molecule has 16 heavy (non-hydrogen) atoms. The van der Waals surface area contributed by atoms with Crippen molar-refractivity contribution in [3.05, 3.63) is 11.7 Å². The Morgan fingerprint density at radius 3 is 2.81 bits per heavy atom. The molecular weight excluding hydrogens is 206 g/mol. The van der Waals surface area contributed by atoms with Gasteiger partial charge in [-0.3, -0.25) is 0 Å². The summed E-state index contributed by atoms with van der Waals surface area (Å²) in [5.74, 6) is 1.15. The topological polar surface area (TPSA) is 74.2 Å². The van der Waals surface area contributed by atoms with Crippen molar-refractivity contribution in [2.24, 2.45) is 5.73 Å². The minimum Gasteiger partial charge on any atom is -0.371 e. The van der Waals surface area contributed by atoms with Crippen molar-refractivity contribution in [3.8, 4) is 0 Å². The molecule has 2 N–H and O–H groups in total. The molecule has 1 aromatic rings. The maximum Gasteiger partial charge on any atom is 0.246 e. The smallest absolute Gasteiger partial charge is 0.246 e. The van der Waals surface area contributed by atoms with Gasteiger partial charge < -0.3 is 15.0 Å². The summed E-state index contributed by atoms with van der Waals surface area (Å²) in [4.78, 5) is 4.35. The summed E-state index contributed by atoms with van der Waals surface area (Å²) in [7, 11) is 0.